The van der Waals surface area contributed by atoms with E-state index in [2.05, 4.69) is 47.6 Å². The van der Waals surface area contributed by atoms with Gasteiger partial charge in [0.1, 0.15) is 6.04 Å². The molecule has 1 N–H and O–H groups in total. The van der Waals surface area contributed by atoms with Gasteiger partial charge in [0, 0.05) is 16.3 Å². The van der Waals surface area contributed by atoms with Crippen LogP contribution in [0.15, 0.2) is 77.2 Å². The zero-order chi connectivity index (χ0) is 19.5. The Kier molecular flexibility index (Phi) is 5.13. The van der Waals surface area contributed by atoms with Crippen molar-refractivity contribution in [1.29, 1.82) is 0 Å². The lowest BCUT2D eigenvalue weighted by atomic mass is 10.1. The zero-order valence-electron chi connectivity index (χ0n) is 15.7. The lowest BCUT2D eigenvalue weighted by Gasteiger charge is -2.18. The van der Waals surface area contributed by atoms with Gasteiger partial charge in [-0.3, -0.25) is 0 Å². The van der Waals surface area contributed by atoms with Crippen molar-refractivity contribution < 1.29 is 4.42 Å². The zero-order valence-corrected chi connectivity index (χ0v) is 16.4. The molecule has 1 atom stereocenters. The topological polar surface area (TPSA) is 51.0 Å². The Balaban J connectivity index is 1.74. The van der Waals surface area contributed by atoms with Crippen molar-refractivity contribution >= 4 is 17.3 Å². The third-order valence-electron chi connectivity index (χ3n) is 4.42. The van der Waals surface area contributed by atoms with Gasteiger partial charge in [-0.25, -0.2) is 0 Å². The van der Waals surface area contributed by atoms with Crippen molar-refractivity contribution in [1.82, 2.24) is 10.2 Å². The van der Waals surface area contributed by atoms with Gasteiger partial charge >= 0.3 is 0 Å². The van der Waals surface area contributed by atoms with Crippen LogP contribution in [0.25, 0.3) is 11.5 Å². The summed E-state index contributed by atoms with van der Waals surface area (Å²) in [6.07, 6.45) is 0. The molecule has 0 saturated heterocycles. The first-order valence-corrected chi connectivity index (χ1v) is 9.45. The van der Waals surface area contributed by atoms with E-state index in [-0.39, 0.29) is 6.04 Å². The molecule has 0 bridgehead atoms. The summed E-state index contributed by atoms with van der Waals surface area (Å²) in [6.45, 7) is 4.15. The molecule has 0 spiro atoms. The molecule has 1 heterocycles. The summed E-state index contributed by atoms with van der Waals surface area (Å²) in [7, 11) is 0. The highest BCUT2D eigenvalue weighted by molar-refractivity contribution is 6.30. The summed E-state index contributed by atoms with van der Waals surface area (Å²) in [4.78, 5) is 0. The average molecular weight is 390 g/mol. The summed E-state index contributed by atoms with van der Waals surface area (Å²) in [6, 6.07) is 23.4. The Morgan fingerprint density at radius 2 is 1.61 bits per heavy atom. The minimum absolute atomic E-state index is 0.315. The number of hydrogen-bond donors (Lipinski definition) is 1. The quantitative estimate of drug-likeness (QED) is 0.441. The van der Waals surface area contributed by atoms with Gasteiger partial charge in [-0.2, -0.15) is 0 Å². The molecule has 0 radical (unpaired) electrons. The minimum atomic E-state index is -0.315. The van der Waals surface area contributed by atoms with Crippen LogP contribution in [-0.4, -0.2) is 10.2 Å². The summed E-state index contributed by atoms with van der Waals surface area (Å²) in [5.74, 6) is 0.977. The van der Waals surface area contributed by atoms with E-state index < -0.39 is 0 Å². The van der Waals surface area contributed by atoms with Crippen molar-refractivity contribution in [2.45, 2.75) is 19.9 Å². The predicted molar refractivity (Wildman–Crippen MR) is 113 cm³/mol. The van der Waals surface area contributed by atoms with Crippen molar-refractivity contribution in [2.75, 3.05) is 5.32 Å². The molecule has 4 aromatic rings. The van der Waals surface area contributed by atoms with E-state index in [1.54, 1.807) is 0 Å². The highest BCUT2D eigenvalue weighted by Crippen LogP contribution is 2.30. The monoisotopic (exact) mass is 389 g/mol. The molecule has 5 heteroatoms. The predicted octanol–water partition coefficient (Wildman–Crippen LogP) is 6.21. The van der Waals surface area contributed by atoms with Crippen molar-refractivity contribution in [3.8, 4) is 11.5 Å². The van der Waals surface area contributed by atoms with Gasteiger partial charge in [-0.15, -0.1) is 10.2 Å². The van der Waals surface area contributed by atoms with Crippen LogP contribution in [0.5, 0.6) is 0 Å². The number of rotatable bonds is 5. The second-order valence-corrected chi connectivity index (χ2v) is 7.26. The number of benzene rings is 3. The maximum absolute atomic E-state index is 6.24. The van der Waals surface area contributed by atoms with E-state index in [0.717, 1.165) is 16.8 Å². The standard InChI is InChI=1S/C23H20ClN3O/c1-15-11-16(2)13-20(12-15)25-21(18-9-6-10-19(24)14-18)23-27-26-22(28-23)17-7-4-3-5-8-17/h3-14,21,25H,1-2H3/t21-/m1/s1. The van der Waals surface area contributed by atoms with Crippen LogP contribution in [0.2, 0.25) is 5.02 Å². The molecule has 0 aliphatic carbocycles. The lowest BCUT2D eigenvalue weighted by Crippen LogP contribution is -2.13. The maximum Gasteiger partial charge on any atom is 0.247 e. The van der Waals surface area contributed by atoms with Gasteiger partial charge in [0.2, 0.25) is 11.8 Å². The van der Waals surface area contributed by atoms with E-state index in [0.29, 0.717) is 16.8 Å². The fourth-order valence-electron chi connectivity index (χ4n) is 3.25. The highest BCUT2D eigenvalue weighted by Gasteiger charge is 2.22. The fourth-order valence-corrected chi connectivity index (χ4v) is 3.45. The molecule has 1 aromatic heterocycles. The molecule has 4 rings (SSSR count). The molecule has 0 unspecified atom stereocenters. The van der Waals surface area contributed by atoms with Crippen LogP contribution in [0, 0.1) is 13.8 Å². The molecule has 0 fully saturated rings. The van der Waals surface area contributed by atoms with Crippen LogP contribution in [0.1, 0.15) is 28.6 Å². The number of halogens is 1. The van der Waals surface area contributed by atoms with E-state index in [9.17, 15) is 0 Å². The number of hydrogen-bond acceptors (Lipinski definition) is 4. The fraction of sp³-hybridized carbons (Fsp3) is 0.130. The first kappa shape index (κ1) is 18.3. The van der Waals surface area contributed by atoms with Crippen molar-refractivity contribution in [3.05, 3.63) is 100 Å². The van der Waals surface area contributed by atoms with Crippen LogP contribution < -0.4 is 5.32 Å². The number of aryl methyl sites for hydroxylation is 2. The van der Waals surface area contributed by atoms with Crippen LogP contribution in [0.4, 0.5) is 5.69 Å². The molecule has 4 nitrogen and oxygen atoms in total. The van der Waals surface area contributed by atoms with Crippen molar-refractivity contribution in [3.63, 3.8) is 0 Å². The third-order valence-corrected chi connectivity index (χ3v) is 4.66. The van der Waals surface area contributed by atoms with Gasteiger partial charge in [0.25, 0.3) is 0 Å². The molecule has 0 amide bonds. The maximum atomic E-state index is 6.24. The first-order chi connectivity index (χ1) is 13.6. The second-order valence-electron chi connectivity index (χ2n) is 6.82. The van der Waals surface area contributed by atoms with Crippen molar-refractivity contribution in [2.24, 2.45) is 0 Å². The number of nitrogens with zero attached hydrogens (tertiary/aromatic N) is 2. The van der Waals surface area contributed by atoms with Gasteiger partial charge in [-0.05, 0) is 66.9 Å². The second kappa shape index (κ2) is 7.87. The first-order valence-electron chi connectivity index (χ1n) is 9.07. The Morgan fingerprint density at radius 1 is 0.857 bits per heavy atom. The SMILES string of the molecule is Cc1cc(C)cc(N[C@H](c2cccc(Cl)c2)c2nnc(-c3ccccc3)o2)c1. The van der Waals surface area contributed by atoms with Gasteiger partial charge < -0.3 is 9.73 Å². The lowest BCUT2D eigenvalue weighted by molar-refractivity contribution is 0.494. The number of nitrogens with one attached hydrogen (secondary N) is 1. The van der Waals surface area contributed by atoms with Gasteiger partial charge in [0.15, 0.2) is 0 Å². The van der Waals surface area contributed by atoms with Gasteiger partial charge in [-0.1, -0.05) is 48.0 Å². The Hall–Kier alpha value is -3.11. The molecule has 0 saturated carbocycles. The van der Waals surface area contributed by atoms with Crippen LogP contribution >= 0.6 is 11.6 Å². The van der Waals surface area contributed by atoms with Crippen LogP contribution in [-0.2, 0) is 0 Å². The van der Waals surface area contributed by atoms with E-state index >= 15 is 0 Å². The smallest absolute Gasteiger partial charge is 0.247 e. The summed E-state index contributed by atoms with van der Waals surface area (Å²) in [5, 5.41) is 12.8. The Bertz CT molecular complexity index is 1070. The summed E-state index contributed by atoms with van der Waals surface area (Å²) < 4.78 is 6.03. The Morgan fingerprint density at radius 3 is 2.32 bits per heavy atom. The molecule has 0 aliphatic rings. The molecular formula is C23H20ClN3O. The molecule has 28 heavy (non-hydrogen) atoms. The third kappa shape index (κ3) is 4.07. The number of anilines is 1. The number of aromatic nitrogens is 2. The van der Waals surface area contributed by atoms with Gasteiger partial charge in [0.05, 0.1) is 0 Å². The van der Waals surface area contributed by atoms with Crippen LogP contribution in [0.3, 0.4) is 0 Å². The molecular weight excluding hydrogens is 370 g/mol. The highest BCUT2D eigenvalue weighted by atomic mass is 35.5. The van der Waals surface area contributed by atoms with E-state index in [1.807, 2.05) is 54.6 Å². The Labute approximate surface area is 169 Å². The van der Waals surface area contributed by atoms with E-state index in [4.69, 9.17) is 16.0 Å². The average Bonchev–Trinajstić information content (AvgIpc) is 3.16. The normalized spacial score (nSPS) is 12.0. The minimum Gasteiger partial charge on any atom is -0.418 e. The summed E-state index contributed by atoms with van der Waals surface area (Å²) in [5.41, 5.74) is 5.19. The summed E-state index contributed by atoms with van der Waals surface area (Å²) >= 11 is 6.24. The van der Waals surface area contributed by atoms with E-state index in [1.165, 1.54) is 11.1 Å². The molecule has 3 aromatic carbocycles. The molecule has 140 valence electrons. The largest absolute Gasteiger partial charge is 0.418 e. The molecule has 0 aliphatic heterocycles.